The van der Waals surface area contributed by atoms with Crippen LogP contribution in [0.3, 0.4) is 0 Å². The molecule has 3 rings (SSSR count). The fourth-order valence-electron chi connectivity index (χ4n) is 1.98. The maximum atomic E-state index is 4.17. The van der Waals surface area contributed by atoms with E-state index < -0.39 is 0 Å². The Morgan fingerprint density at radius 2 is 0.864 bits per heavy atom. The molecule has 2 aromatic carbocycles. The maximum absolute atomic E-state index is 4.17. The summed E-state index contributed by atoms with van der Waals surface area (Å²) >= 11 is 6.83. The maximum Gasteiger partial charge on any atom is 0.177 e. The number of nitrogens with zero attached hydrogens (tertiary/aromatic N) is 4. The first-order chi connectivity index (χ1) is 10.7. The second kappa shape index (κ2) is 7.07. The van der Waals surface area contributed by atoms with E-state index in [9.17, 15) is 0 Å². The highest BCUT2D eigenvalue weighted by Gasteiger charge is 2.04. The molecule has 0 saturated heterocycles. The van der Waals surface area contributed by atoms with Gasteiger partial charge in [-0.05, 0) is 35.4 Å². The van der Waals surface area contributed by atoms with Crippen LogP contribution in [0, 0.1) is 0 Å². The molecule has 22 heavy (non-hydrogen) atoms. The molecular formula is C16H12Br2N4. The molecule has 0 bridgehead atoms. The van der Waals surface area contributed by atoms with Crippen LogP contribution in [-0.2, 0) is 12.8 Å². The van der Waals surface area contributed by atoms with Crippen molar-refractivity contribution in [1.29, 1.82) is 0 Å². The summed E-state index contributed by atoms with van der Waals surface area (Å²) in [4.78, 5) is 0. The Kier molecular flexibility index (Phi) is 4.90. The van der Waals surface area contributed by atoms with Crippen LogP contribution in [0.1, 0.15) is 22.8 Å². The highest BCUT2D eigenvalue weighted by molar-refractivity contribution is 9.10. The summed E-state index contributed by atoms with van der Waals surface area (Å²) in [5, 5.41) is 16.7. The van der Waals surface area contributed by atoms with Crippen molar-refractivity contribution in [3.63, 3.8) is 0 Å². The van der Waals surface area contributed by atoms with Crippen LogP contribution < -0.4 is 0 Å². The van der Waals surface area contributed by atoms with Gasteiger partial charge in [0.05, 0.1) is 0 Å². The molecule has 0 unspecified atom stereocenters. The number of aromatic nitrogens is 4. The summed E-state index contributed by atoms with van der Waals surface area (Å²) < 4.78 is 2.11. The lowest BCUT2D eigenvalue weighted by atomic mass is 10.1. The van der Waals surface area contributed by atoms with Crippen LogP contribution in [0.5, 0.6) is 0 Å². The van der Waals surface area contributed by atoms with Crippen molar-refractivity contribution in [1.82, 2.24) is 20.4 Å². The molecule has 0 fully saturated rings. The number of rotatable bonds is 4. The van der Waals surface area contributed by atoms with Gasteiger partial charge < -0.3 is 0 Å². The van der Waals surface area contributed by atoms with Crippen LogP contribution in [-0.4, -0.2) is 20.4 Å². The molecule has 1 heterocycles. The van der Waals surface area contributed by atoms with E-state index in [1.807, 2.05) is 48.5 Å². The highest BCUT2D eigenvalue weighted by atomic mass is 79.9. The Labute approximate surface area is 145 Å². The average Bonchev–Trinajstić information content (AvgIpc) is 2.54. The van der Waals surface area contributed by atoms with Gasteiger partial charge in [-0.3, -0.25) is 0 Å². The zero-order valence-electron chi connectivity index (χ0n) is 11.6. The van der Waals surface area contributed by atoms with Gasteiger partial charge in [-0.25, -0.2) is 0 Å². The molecular weight excluding hydrogens is 408 g/mol. The summed E-state index contributed by atoms with van der Waals surface area (Å²) in [6.07, 6.45) is 1.26. The Hall–Kier alpha value is -1.66. The minimum Gasteiger partial charge on any atom is -0.131 e. The SMILES string of the molecule is Brc1ccc(Cc2nnc(Cc3ccc(Br)cc3)nn2)cc1. The Balaban J connectivity index is 1.67. The lowest BCUT2D eigenvalue weighted by Gasteiger charge is -2.02. The third kappa shape index (κ3) is 4.18. The molecule has 6 heteroatoms. The van der Waals surface area contributed by atoms with E-state index in [1.54, 1.807) is 0 Å². The monoisotopic (exact) mass is 418 g/mol. The Morgan fingerprint density at radius 1 is 0.545 bits per heavy atom. The van der Waals surface area contributed by atoms with Crippen molar-refractivity contribution in [3.8, 4) is 0 Å². The first-order valence-electron chi connectivity index (χ1n) is 6.73. The van der Waals surface area contributed by atoms with Gasteiger partial charge in [-0.2, -0.15) is 0 Å². The standard InChI is InChI=1S/C16H12Br2N4/c17-13-5-1-11(2-6-13)9-15-19-21-16(22-20-15)10-12-3-7-14(18)8-4-12/h1-8H,9-10H2. The molecule has 3 aromatic rings. The van der Waals surface area contributed by atoms with E-state index in [0.29, 0.717) is 24.5 Å². The van der Waals surface area contributed by atoms with E-state index in [-0.39, 0.29) is 0 Å². The molecule has 0 spiro atoms. The topological polar surface area (TPSA) is 51.6 Å². The largest absolute Gasteiger partial charge is 0.177 e. The lowest BCUT2D eigenvalue weighted by molar-refractivity contribution is 0.726. The third-order valence-corrected chi connectivity index (χ3v) is 4.17. The first-order valence-corrected chi connectivity index (χ1v) is 8.32. The van der Waals surface area contributed by atoms with Crippen LogP contribution in [0.4, 0.5) is 0 Å². The Morgan fingerprint density at radius 3 is 1.18 bits per heavy atom. The first kappa shape index (κ1) is 15.2. The van der Waals surface area contributed by atoms with Crippen molar-refractivity contribution in [2.24, 2.45) is 0 Å². The summed E-state index contributed by atoms with van der Waals surface area (Å²) in [7, 11) is 0. The van der Waals surface area contributed by atoms with Crippen molar-refractivity contribution in [3.05, 3.63) is 80.3 Å². The molecule has 0 saturated carbocycles. The van der Waals surface area contributed by atoms with Gasteiger partial charge in [-0.1, -0.05) is 56.1 Å². The summed E-state index contributed by atoms with van der Waals surface area (Å²) in [5.41, 5.74) is 2.26. The number of halogens is 2. The van der Waals surface area contributed by atoms with Gasteiger partial charge in [0.25, 0.3) is 0 Å². The normalized spacial score (nSPS) is 10.6. The quantitative estimate of drug-likeness (QED) is 0.641. The van der Waals surface area contributed by atoms with Crippen LogP contribution in [0.2, 0.25) is 0 Å². The van der Waals surface area contributed by atoms with Gasteiger partial charge >= 0.3 is 0 Å². The van der Waals surface area contributed by atoms with E-state index in [1.165, 1.54) is 0 Å². The van der Waals surface area contributed by atoms with Crippen molar-refractivity contribution in [2.45, 2.75) is 12.8 Å². The van der Waals surface area contributed by atoms with E-state index in [0.717, 1.165) is 20.1 Å². The number of hydrogen-bond donors (Lipinski definition) is 0. The van der Waals surface area contributed by atoms with Gasteiger partial charge in [0.15, 0.2) is 11.6 Å². The molecule has 0 aliphatic carbocycles. The van der Waals surface area contributed by atoms with Crippen molar-refractivity contribution >= 4 is 31.9 Å². The molecule has 0 aliphatic rings. The molecule has 110 valence electrons. The lowest BCUT2D eigenvalue weighted by Crippen LogP contribution is -2.06. The minimum absolute atomic E-state index is 0.627. The van der Waals surface area contributed by atoms with E-state index in [2.05, 4.69) is 52.3 Å². The molecule has 1 aromatic heterocycles. The molecule has 0 atom stereocenters. The van der Waals surface area contributed by atoms with Gasteiger partial charge in [0.1, 0.15) is 0 Å². The van der Waals surface area contributed by atoms with E-state index >= 15 is 0 Å². The van der Waals surface area contributed by atoms with Gasteiger partial charge in [0.2, 0.25) is 0 Å². The fraction of sp³-hybridized carbons (Fsp3) is 0.125. The highest BCUT2D eigenvalue weighted by Crippen LogP contribution is 2.13. The van der Waals surface area contributed by atoms with Crippen LogP contribution in [0.15, 0.2) is 57.5 Å². The molecule has 0 aliphatic heterocycles. The van der Waals surface area contributed by atoms with Crippen LogP contribution >= 0.6 is 31.9 Å². The summed E-state index contributed by atoms with van der Waals surface area (Å²) in [6.45, 7) is 0. The smallest absolute Gasteiger partial charge is 0.131 e. The zero-order chi connectivity index (χ0) is 15.4. The summed E-state index contributed by atoms with van der Waals surface area (Å²) in [6, 6.07) is 16.1. The third-order valence-electron chi connectivity index (χ3n) is 3.11. The fourth-order valence-corrected chi connectivity index (χ4v) is 2.51. The molecule has 0 amide bonds. The second-order valence-electron chi connectivity index (χ2n) is 4.84. The van der Waals surface area contributed by atoms with E-state index in [4.69, 9.17) is 0 Å². The molecule has 4 nitrogen and oxygen atoms in total. The predicted octanol–water partition coefficient (Wildman–Crippen LogP) is 3.97. The number of hydrogen-bond acceptors (Lipinski definition) is 4. The predicted molar refractivity (Wildman–Crippen MR) is 91.5 cm³/mol. The second-order valence-corrected chi connectivity index (χ2v) is 6.67. The van der Waals surface area contributed by atoms with Crippen molar-refractivity contribution < 1.29 is 0 Å². The molecule has 0 N–H and O–H groups in total. The average molecular weight is 420 g/mol. The van der Waals surface area contributed by atoms with Gasteiger partial charge in [0, 0.05) is 21.8 Å². The molecule has 0 radical (unpaired) electrons. The number of benzene rings is 2. The minimum atomic E-state index is 0.627. The zero-order valence-corrected chi connectivity index (χ0v) is 14.7. The van der Waals surface area contributed by atoms with Gasteiger partial charge in [-0.15, -0.1) is 20.4 Å². The Bertz CT molecular complexity index is 674. The summed E-state index contributed by atoms with van der Waals surface area (Å²) in [5.74, 6) is 1.25. The van der Waals surface area contributed by atoms with Crippen molar-refractivity contribution in [2.75, 3.05) is 0 Å². The van der Waals surface area contributed by atoms with Crippen LogP contribution in [0.25, 0.3) is 0 Å².